The Kier molecular flexibility index (Phi) is 5.13. The first-order chi connectivity index (χ1) is 9.70. The van der Waals surface area contributed by atoms with E-state index >= 15 is 0 Å². The molecule has 2 aromatic carbocycles. The summed E-state index contributed by atoms with van der Waals surface area (Å²) in [5, 5.41) is 2.77. The van der Waals surface area contributed by atoms with Crippen LogP contribution in [-0.4, -0.2) is 12.5 Å². The summed E-state index contributed by atoms with van der Waals surface area (Å²) >= 11 is 5.69. The lowest BCUT2D eigenvalue weighted by atomic mass is 10.1. The lowest BCUT2D eigenvalue weighted by Gasteiger charge is -2.06. The fraction of sp³-hybridized carbons (Fsp3) is 0.188. The van der Waals surface area contributed by atoms with E-state index in [9.17, 15) is 9.18 Å². The quantitative estimate of drug-likeness (QED) is 0.839. The number of halogens is 2. The second kappa shape index (κ2) is 7.06. The molecule has 0 saturated heterocycles. The molecule has 2 rings (SSSR count). The normalized spacial score (nSPS) is 10.3. The topological polar surface area (TPSA) is 29.1 Å². The molecule has 0 saturated carbocycles. The van der Waals surface area contributed by atoms with Crippen LogP contribution in [-0.2, 0) is 12.3 Å². The number of amides is 1. The Morgan fingerprint density at radius 3 is 2.45 bits per heavy atom. The Bertz CT molecular complexity index is 583. The molecule has 4 heteroatoms. The van der Waals surface area contributed by atoms with Gasteiger partial charge in [-0.1, -0.05) is 30.3 Å². The van der Waals surface area contributed by atoms with Crippen LogP contribution in [0.4, 0.5) is 4.39 Å². The first kappa shape index (κ1) is 14.5. The maximum Gasteiger partial charge on any atom is 0.251 e. The minimum atomic E-state index is -0.242. The van der Waals surface area contributed by atoms with Gasteiger partial charge in [-0.3, -0.25) is 4.79 Å². The van der Waals surface area contributed by atoms with Gasteiger partial charge >= 0.3 is 0 Å². The van der Waals surface area contributed by atoms with Gasteiger partial charge in [0.2, 0.25) is 0 Å². The van der Waals surface area contributed by atoms with Gasteiger partial charge in [-0.15, -0.1) is 11.6 Å². The van der Waals surface area contributed by atoms with Gasteiger partial charge in [0.05, 0.1) is 0 Å². The van der Waals surface area contributed by atoms with Crippen LogP contribution in [0.15, 0.2) is 48.5 Å². The van der Waals surface area contributed by atoms with Crippen LogP contribution in [0.2, 0.25) is 0 Å². The maximum atomic E-state index is 13.4. The van der Waals surface area contributed by atoms with Crippen molar-refractivity contribution < 1.29 is 9.18 Å². The van der Waals surface area contributed by atoms with Gasteiger partial charge in [0.25, 0.3) is 5.91 Å². The van der Waals surface area contributed by atoms with Crippen LogP contribution in [0.1, 0.15) is 21.5 Å². The third kappa shape index (κ3) is 3.81. The van der Waals surface area contributed by atoms with Crippen LogP contribution >= 0.6 is 11.6 Å². The lowest BCUT2D eigenvalue weighted by Crippen LogP contribution is -2.25. The summed E-state index contributed by atoms with van der Waals surface area (Å²) in [6.07, 6.45) is 0.470. The molecule has 2 nitrogen and oxygen atoms in total. The van der Waals surface area contributed by atoms with E-state index < -0.39 is 0 Å². The van der Waals surface area contributed by atoms with E-state index in [2.05, 4.69) is 5.32 Å². The zero-order valence-corrected chi connectivity index (χ0v) is 11.7. The maximum absolute atomic E-state index is 13.4. The average molecular weight is 292 g/mol. The minimum Gasteiger partial charge on any atom is -0.352 e. The molecule has 0 atom stereocenters. The first-order valence-electron chi connectivity index (χ1n) is 6.37. The number of alkyl halides is 1. The molecule has 104 valence electrons. The van der Waals surface area contributed by atoms with Gasteiger partial charge in [0, 0.05) is 18.0 Å². The second-order valence-electron chi connectivity index (χ2n) is 4.43. The Balaban J connectivity index is 1.87. The molecule has 1 amide bonds. The summed E-state index contributed by atoms with van der Waals surface area (Å²) < 4.78 is 13.4. The molecule has 0 radical (unpaired) electrons. The van der Waals surface area contributed by atoms with Gasteiger partial charge in [-0.2, -0.15) is 0 Å². The van der Waals surface area contributed by atoms with Crippen molar-refractivity contribution in [3.8, 4) is 0 Å². The smallest absolute Gasteiger partial charge is 0.251 e. The van der Waals surface area contributed by atoms with Crippen LogP contribution < -0.4 is 5.32 Å². The number of nitrogens with one attached hydrogen (secondary N) is 1. The van der Waals surface area contributed by atoms with E-state index in [4.69, 9.17) is 11.6 Å². The highest BCUT2D eigenvalue weighted by Gasteiger charge is 2.06. The molecular weight excluding hydrogens is 277 g/mol. The van der Waals surface area contributed by atoms with E-state index in [-0.39, 0.29) is 11.7 Å². The average Bonchev–Trinajstić information content (AvgIpc) is 2.49. The molecule has 2 aromatic rings. The molecule has 0 spiro atoms. The third-order valence-electron chi connectivity index (χ3n) is 3.01. The zero-order chi connectivity index (χ0) is 14.4. The third-order valence-corrected chi connectivity index (χ3v) is 3.32. The van der Waals surface area contributed by atoms with Crippen LogP contribution in [0.3, 0.4) is 0 Å². The second-order valence-corrected chi connectivity index (χ2v) is 4.70. The van der Waals surface area contributed by atoms with Gasteiger partial charge in [-0.25, -0.2) is 4.39 Å². The fourth-order valence-corrected chi connectivity index (χ4v) is 2.04. The number of hydrogen-bond donors (Lipinski definition) is 1. The van der Waals surface area contributed by atoms with Crippen molar-refractivity contribution in [1.29, 1.82) is 0 Å². The van der Waals surface area contributed by atoms with Crippen molar-refractivity contribution in [2.75, 3.05) is 6.54 Å². The Morgan fingerprint density at radius 2 is 1.80 bits per heavy atom. The molecule has 0 unspecified atom stereocenters. The molecule has 0 aliphatic heterocycles. The summed E-state index contributed by atoms with van der Waals surface area (Å²) in [7, 11) is 0. The summed E-state index contributed by atoms with van der Waals surface area (Å²) in [6, 6.07) is 13.7. The molecular formula is C16H15ClFNO. The number of carbonyl (C=O) groups is 1. The molecule has 0 bridgehead atoms. The van der Waals surface area contributed by atoms with E-state index in [1.807, 2.05) is 12.1 Å². The molecule has 1 N–H and O–H groups in total. The summed E-state index contributed by atoms with van der Waals surface area (Å²) in [5.41, 5.74) is 2.15. The van der Waals surface area contributed by atoms with Crippen LogP contribution in [0.5, 0.6) is 0 Å². The summed E-state index contributed by atoms with van der Waals surface area (Å²) in [5.74, 6) is 0.0190. The molecule has 0 heterocycles. The van der Waals surface area contributed by atoms with E-state index in [0.29, 0.717) is 30.0 Å². The predicted molar refractivity (Wildman–Crippen MR) is 78.4 cm³/mol. The van der Waals surface area contributed by atoms with E-state index in [1.54, 1.807) is 30.3 Å². The predicted octanol–water partition coefficient (Wildman–Crippen LogP) is 3.54. The highest BCUT2D eigenvalue weighted by atomic mass is 35.5. The largest absolute Gasteiger partial charge is 0.352 e. The fourth-order valence-electron chi connectivity index (χ4n) is 1.86. The summed E-state index contributed by atoms with van der Waals surface area (Å²) in [4.78, 5) is 11.9. The van der Waals surface area contributed by atoms with E-state index in [0.717, 1.165) is 5.56 Å². The highest BCUT2D eigenvalue weighted by Crippen LogP contribution is 2.08. The van der Waals surface area contributed by atoms with Crippen LogP contribution in [0.25, 0.3) is 0 Å². The van der Waals surface area contributed by atoms with Crippen molar-refractivity contribution in [3.63, 3.8) is 0 Å². The standard InChI is InChI=1S/C16H15ClFNO/c17-11-12-5-7-14(8-6-12)16(20)19-10-9-13-3-1-2-4-15(13)18/h1-8H,9-11H2,(H,19,20). The molecule has 0 fully saturated rings. The Morgan fingerprint density at radius 1 is 1.10 bits per heavy atom. The first-order valence-corrected chi connectivity index (χ1v) is 6.90. The number of carbonyl (C=O) groups excluding carboxylic acids is 1. The van der Waals surface area contributed by atoms with Crippen molar-refractivity contribution in [1.82, 2.24) is 5.32 Å². The van der Waals surface area contributed by atoms with Crippen molar-refractivity contribution in [3.05, 3.63) is 71.0 Å². The van der Waals surface area contributed by atoms with Crippen molar-refractivity contribution >= 4 is 17.5 Å². The zero-order valence-electron chi connectivity index (χ0n) is 10.9. The van der Waals surface area contributed by atoms with Gasteiger partial charge in [0.15, 0.2) is 0 Å². The van der Waals surface area contributed by atoms with E-state index in [1.165, 1.54) is 6.07 Å². The van der Waals surface area contributed by atoms with Crippen LogP contribution in [0, 0.1) is 5.82 Å². The molecule has 0 aliphatic carbocycles. The highest BCUT2D eigenvalue weighted by molar-refractivity contribution is 6.17. The molecule has 20 heavy (non-hydrogen) atoms. The minimum absolute atomic E-state index is 0.164. The number of rotatable bonds is 5. The van der Waals surface area contributed by atoms with Crippen molar-refractivity contribution in [2.45, 2.75) is 12.3 Å². The molecule has 0 aromatic heterocycles. The van der Waals surface area contributed by atoms with Gasteiger partial charge < -0.3 is 5.32 Å². The number of benzene rings is 2. The molecule has 0 aliphatic rings. The SMILES string of the molecule is O=C(NCCc1ccccc1F)c1ccc(CCl)cc1. The Hall–Kier alpha value is -1.87. The monoisotopic (exact) mass is 291 g/mol. The van der Waals surface area contributed by atoms with Crippen molar-refractivity contribution in [2.24, 2.45) is 0 Å². The van der Waals surface area contributed by atoms with Gasteiger partial charge in [0.1, 0.15) is 5.82 Å². The lowest BCUT2D eigenvalue weighted by molar-refractivity contribution is 0.0954. The summed E-state index contributed by atoms with van der Waals surface area (Å²) in [6.45, 7) is 0.400. The Labute approximate surface area is 122 Å². The van der Waals surface area contributed by atoms with Gasteiger partial charge in [-0.05, 0) is 35.7 Å². The number of hydrogen-bond acceptors (Lipinski definition) is 1.